The molecule has 3 heteroatoms. The van der Waals surface area contributed by atoms with E-state index in [4.69, 9.17) is 0 Å². The van der Waals surface area contributed by atoms with Crippen molar-refractivity contribution in [1.82, 2.24) is 5.32 Å². The van der Waals surface area contributed by atoms with E-state index in [2.05, 4.69) is 38.2 Å². The summed E-state index contributed by atoms with van der Waals surface area (Å²) in [4.78, 5) is 11.9. The first-order chi connectivity index (χ1) is 10.3. The molecule has 0 aromatic heterocycles. The summed E-state index contributed by atoms with van der Waals surface area (Å²) in [6.45, 7) is 7.02. The van der Waals surface area contributed by atoms with Crippen molar-refractivity contribution in [2.45, 2.75) is 39.2 Å². The summed E-state index contributed by atoms with van der Waals surface area (Å²) in [7, 11) is 0. The third-order valence-electron chi connectivity index (χ3n) is 3.59. The minimum absolute atomic E-state index is 0.0634. The van der Waals surface area contributed by atoms with Gasteiger partial charge in [0.15, 0.2) is 0 Å². The Labute approximate surface area is 131 Å². The highest BCUT2D eigenvalue weighted by Gasteiger charge is 2.12. The van der Waals surface area contributed by atoms with Crippen molar-refractivity contribution in [2.24, 2.45) is 0 Å². The maximum atomic E-state index is 12.8. The van der Waals surface area contributed by atoms with Gasteiger partial charge in [-0.05, 0) is 34.2 Å². The van der Waals surface area contributed by atoms with E-state index >= 15 is 0 Å². The van der Waals surface area contributed by atoms with E-state index in [1.54, 1.807) is 12.1 Å². The molecule has 0 fully saturated rings. The van der Waals surface area contributed by atoms with Gasteiger partial charge in [0.05, 0.1) is 6.42 Å². The molecule has 116 valence electrons. The molecular formula is C19H22FNO. The highest BCUT2D eigenvalue weighted by molar-refractivity contribution is 5.78. The minimum atomic E-state index is -0.289. The number of carbonyl (C=O) groups is 1. The number of nitrogens with one attached hydrogen (secondary N) is 1. The van der Waals surface area contributed by atoms with Crippen LogP contribution in [0.5, 0.6) is 0 Å². The van der Waals surface area contributed by atoms with Crippen LogP contribution in [0.1, 0.15) is 37.5 Å². The summed E-state index contributed by atoms with van der Waals surface area (Å²) in [5, 5.41) is 2.89. The monoisotopic (exact) mass is 299 g/mol. The summed E-state index contributed by atoms with van der Waals surface area (Å²) in [5.41, 5.74) is 3.28. The summed E-state index contributed by atoms with van der Waals surface area (Å²) in [5.74, 6) is -0.352. The lowest BCUT2D eigenvalue weighted by Crippen LogP contribution is -2.24. The molecule has 1 N–H and O–H groups in total. The Morgan fingerprint density at radius 3 is 2.05 bits per heavy atom. The second-order valence-corrected chi connectivity index (χ2v) is 6.53. The molecule has 22 heavy (non-hydrogen) atoms. The van der Waals surface area contributed by atoms with Crippen molar-refractivity contribution in [3.63, 3.8) is 0 Å². The SMILES string of the molecule is CC(C)(C)c1ccc(CNC(=O)Cc2ccc(F)cc2)cc1. The molecule has 0 saturated carbocycles. The fourth-order valence-corrected chi connectivity index (χ4v) is 2.17. The molecule has 0 saturated heterocycles. The Morgan fingerprint density at radius 1 is 0.955 bits per heavy atom. The number of carbonyl (C=O) groups excluding carboxylic acids is 1. The van der Waals surface area contributed by atoms with Gasteiger partial charge in [0, 0.05) is 6.54 Å². The van der Waals surface area contributed by atoms with Crippen LogP contribution in [0, 0.1) is 5.82 Å². The lowest BCUT2D eigenvalue weighted by Gasteiger charge is -2.19. The second kappa shape index (κ2) is 6.73. The Balaban J connectivity index is 1.87. The first-order valence-electron chi connectivity index (χ1n) is 7.45. The van der Waals surface area contributed by atoms with Crippen molar-refractivity contribution in [3.05, 3.63) is 71.0 Å². The second-order valence-electron chi connectivity index (χ2n) is 6.53. The van der Waals surface area contributed by atoms with Crippen LogP contribution in [0.25, 0.3) is 0 Å². The molecule has 0 radical (unpaired) electrons. The average Bonchev–Trinajstić information content (AvgIpc) is 2.47. The lowest BCUT2D eigenvalue weighted by atomic mass is 9.87. The molecule has 0 bridgehead atoms. The molecule has 0 aliphatic heterocycles. The van der Waals surface area contributed by atoms with Crippen LogP contribution in [0.4, 0.5) is 4.39 Å². The van der Waals surface area contributed by atoms with E-state index in [9.17, 15) is 9.18 Å². The van der Waals surface area contributed by atoms with Crippen LogP contribution in [0.2, 0.25) is 0 Å². The Morgan fingerprint density at radius 2 is 1.50 bits per heavy atom. The predicted molar refractivity (Wildman–Crippen MR) is 87.1 cm³/mol. The standard InChI is InChI=1S/C19H22FNO/c1-19(2,3)16-8-4-15(5-9-16)13-21-18(22)12-14-6-10-17(20)11-7-14/h4-11H,12-13H2,1-3H3,(H,21,22). The average molecular weight is 299 g/mol. The maximum Gasteiger partial charge on any atom is 0.224 e. The third kappa shape index (κ3) is 4.69. The van der Waals surface area contributed by atoms with E-state index in [1.807, 2.05) is 12.1 Å². The Hall–Kier alpha value is -2.16. The smallest absolute Gasteiger partial charge is 0.224 e. The van der Waals surface area contributed by atoms with Gasteiger partial charge in [0.1, 0.15) is 5.82 Å². The molecule has 0 aliphatic carbocycles. The van der Waals surface area contributed by atoms with E-state index in [0.717, 1.165) is 11.1 Å². The van der Waals surface area contributed by atoms with Gasteiger partial charge in [-0.25, -0.2) is 4.39 Å². The zero-order valence-corrected chi connectivity index (χ0v) is 13.3. The Kier molecular flexibility index (Phi) is 4.96. The van der Waals surface area contributed by atoms with E-state index in [1.165, 1.54) is 17.7 Å². The summed E-state index contributed by atoms with van der Waals surface area (Å²) < 4.78 is 12.8. The van der Waals surface area contributed by atoms with Gasteiger partial charge in [-0.2, -0.15) is 0 Å². The Bertz CT molecular complexity index is 624. The topological polar surface area (TPSA) is 29.1 Å². The van der Waals surface area contributed by atoms with Crippen LogP contribution in [0.3, 0.4) is 0 Å². The molecule has 0 unspecified atom stereocenters. The highest BCUT2D eigenvalue weighted by atomic mass is 19.1. The number of rotatable bonds is 4. The van der Waals surface area contributed by atoms with Gasteiger partial charge < -0.3 is 5.32 Å². The van der Waals surface area contributed by atoms with Crippen LogP contribution in [-0.2, 0) is 23.2 Å². The molecule has 0 atom stereocenters. The zero-order chi connectivity index (χ0) is 16.2. The third-order valence-corrected chi connectivity index (χ3v) is 3.59. The summed E-state index contributed by atoms with van der Waals surface area (Å²) in [6, 6.07) is 14.3. The molecule has 2 aromatic carbocycles. The lowest BCUT2D eigenvalue weighted by molar-refractivity contribution is -0.120. The molecule has 0 spiro atoms. The first-order valence-corrected chi connectivity index (χ1v) is 7.45. The van der Waals surface area contributed by atoms with Gasteiger partial charge in [-0.3, -0.25) is 4.79 Å². The van der Waals surface area contributed by atoms with Crippen molar-refractivity contribution in [3.8, 4) is 0 Å². The number of halogens is 1. The number of hydrogen-bond donors (Lipinski definition) is 1. The molecule has 0 aliphatic rings. The van der Waals surface area contributed by atoms with Crippen molar-refractivity contribution in [2.75, 3.05) is 0 Å². The van der Waals surface area contributed by atoms with Crippen molar-refractivity contribution >= 4 is 5.91 Å². The number of hydrogen-bond acceptors (Lipinski definition) is 1. The van der Waals surface area contributed by atoms with Crippen molar-refractivity contribution < 1.29 is 9.18 Å². The molecule has 2 aromatic rings. The van der Waals surface area contributed by atoms with Gasteiger partial charge in [0.2, 0.25) is 5.91 Å². The summed E-state index contributed by atoms with van der Waals surface area (Å²) >= 11 is 0. The normalized spacial score (nSPS) is 11.3. The van der Waals surface area contributed by atoms with Gasteiger partial charge >= 0.3 is 0 Å². The predicted octanol–water partition coefficient (Wildman–Crippen LogP) is 3.98. The molecule has 2 rings (SSSR count). The van der Waals surface area contributed by atoms with Crippen LogP contribution >= 0.6 is 0 Å². The molecule has 1 amide bonds. The fraction of sp³-hybridized carbons (Fsp3) is 0.316. The van der Waals surface area contributed by atoms with Gasteiger partial charge in [-0.15, -0.1) is 0 Å². The van der Waals surface area contributed by atoms with E-state index in [0.29, 0.717) is 6.54 Å². The number of benzene rings is 2. The zero-order valence-electron chi connectivity index (χ0n) is 13.3. The quantitative estimate of drug-likeness (QED) is 0.909. The fourth-order valence-electron chi connectivity index (χ4n) is 2.17. The highest BCUT2D eigenvalue weighted by Crippen LogP contribution is 2.22. The van der Waals surface area contributed by atoms with E-state index in [-0.39, 0.29) is 23.6 Å². The minimum Gasteiger partial charge on any atom is -0.352 e. The molecular weight excluding hydrogens is 277 g/mol. The number of amides is 1. The molecule has 0 heterocycles. The maximum absolute atomic E-state index is 12.8. The van der Waals surface area contributed by atoms with Crippen LogP contribution in [0.15, 0.2) is 48.5 Å². The van der Waals surface area contributed by atoms with Gasteiger partial charge in [-0.1, -0.05) is 57.2 Å². The largest absolute Gasteiger partial charge is 0.352 e. The van der Waals surface area contributed by atoms with Crippen molar-refractivity contribution in [1.29, 1.82) is 0 Å². The van der Waals surface area contributed by atoms with Crippen LogP contribution in [-0.4, -0.2) is 5.91 Å². The molecule has 2 nitrogen and oxygen atoms in total. The van der Waals surface area contributed by atoms with Gasteiger partial charge in [0.25, 0.3) is 0 Å². The first kappa shape index (κ1) is 16.2. The van der Waals surface area contributed by atoms with E-state index < -0.39 is 0 Å². The van der Waals surface area contributed by atoms with Crippen LogP contribution < -0.4 is 5.32 Å². The summed E-state index contributed by atoms with van der Waals surface area (Å²) in [6.07, 6.45) is 0.264.